The van der Waals surface area contributed by atoms with Crippen LogP contribution in [0.2, 0.25) is 0 Å². The number of aliphatic hydroxyl groups is 2. The van der Waals surface area contributed by atoms with Crippen LogP contribution < -0.4 is 5.32 Å². The Bertz CT molecular complexity index is 716. The third-order valence-corrected chi connectivity index (χ3v) is 5.20. The summed E-state index contributed by atoms with van der Waals surface area (Å²) in [7, 11) is 0. The van der Waals surface area contributed by atoms with Crippen molar-refractivity contribution in [2.75, 3.05) is 6.61 Å². The first-order valence-electron chi connectivity index (χ1n) is 9.38. The Hall–Kier alpha value is -2.17. The minimum absolute atomic E-state index is 0.0639. The van der Waals surface area contributed by atoms with Crippen molar-refractivity contribution in [1.82, 2.24) is 5.32 Å². The molecule has 3 rings (SSSR count). The minimum atomic E-state index is -0.705. The fraction of sp³-hybridized carbons (Fsp3) is 0.409. The summed E-state index contributed by atoms with van der Waals surface area (Å²) in [6, 6.07) is 17.2. The molecule has 1 aliphatic carbocycles. The van der Waals surface area contributed by atoms with Gasteiger partial charge in [0, 0.05) is 6.42 Å². The molecule has 0 saturated carbocycles. The number of aryl methyl sites for hydroxylation is 1. The number of aliphatic hydroxyl groups excluding tert-OH is 2. The van der Waals surface area contributed by atoms with E-state index in [4.69, 9.17) is 0 Å². The van der Waals surface area contributed by atoms with Gasteiger partial charge in [-0.15, -0.1) is 0 Å². The number of benzene rings is 2. The van der Waals surface area contributed by atoms with Crippen molar-refractivity contribution in [1.29, 1.82) is 0 Å². The first-order chi connectivity index (χ1) is 12.7. The van der Waals surface area contributed by atoms with Gasteiger partial charge in [-0.3, -0.25) is 4.79 Å². The van der Waals surface area contributed by atoms with Gasteiger partial charge in [0.25, 0.3) is 0 Å². The number of carbonyl (C=O) groups excluding carboxylic acids is 1. The Morgan fingerprint density at radius 1 is 1.12 bits per heavy atom. The maximum atomic E-state index is 12.5. The molecule has 4 heteroatoms. The van der Waals surface area contributed by atoms with Gasteiger partial charge in [-0.2, -0.15) is 0 Å². The quantitative estimate of drug-likeness (QED) is 0.716. The van der Waals surface area contributed by atoms with Crippen LogP contribution in [0.1, 0.15) is 54.4 Å². The fourth-order valence-electron chi connectivity index (χ4n) is 3.84. The van der Waals surface area contributed by atoms with Crippen LogP contribution in [0.25, 0.3) is 0 Å². The maximum Gasteiger partial charge on any atom is 0.220 e. The van der Waals surface area contributed by atoms with Gasteiger partial charge in [-0.25, -0.2) is 0 Å². The number of amides is 1. The zero-order chi connectivity index (χ0) is 18.4. The largest absolute Gasteiger partial charge is 0.394 e. The zero-order valence-electron chi connectivity index (χ0n) is 15.0. The summed E-state index contributed by atoms with van der Waals surface area (Å²) in [5.74, 6) is 0.171. The summed E-state index contributed by atoms with van der Waals surface area (Å²) < 4.78 is 0. The van der Waals surface area contributed by atoms with E-state index < -0.39 is 12.1 Å². The maximum absolute atomic E-state index is 12.5. The fourth-order valence-corrected chi connectivity index (χ4v) is 3.84. The molecule has 138 valence electrons. The summed E-state index contributed by atoms with van der Waals surface area (Å²) in [6.07, 6.45) is 3.22. The number of rotatable bonds is 7. The minimum Gasteiger partial charge on any atom is -0.394 e. The Kier molecular flexibility index (Phi) is 6.42. The van der Waals surface area contributed by atoms with Crippen LogP contribution in [0, 0.1) is 0 Å². The second-order valence-electron chi connectivity index (χ2n) is 7.10. The number of hydrogen-bond donors (Lipinski definition) is 3. The van der Waals surface area contributed by atoms with Crippen molar-refractivity contribution in [3.8, 4) is 0 Å². The lowest BCUT2D eigenvalue weighted by molar-refractivity contribution is -0.122. The standard InChI is InChI=1S/C22H27NO3/c24-15-19(14-21(25)17-8-2-1-3-9-17)23-22(26)13-18-11-6-10-16-7-4-5-12-20(16)18/h1-5,7-9,12,18-19,21,24-25H,6,10-11,13-15H2,(H,23,26)/t18-,19+,21-/m0/s1. The van der Waals surface area contributed by atoms with E-state index in [0.717, 1.165) is 24.8 Å². The average molecular weight is 353 g/mol. The number of hydrogen-bond acceptors (Lipinski definition) is 3. The first-order valence-corrected chi connectivity index (χ1v) is 9.38. The molecule has 0 aromatic heterocycles. The van der Waals surface area contributed by atoms with Crippen LogP contribution in [0.15, 0.2) is 54.6 Å². The highest BCUT2D eigenvalue weighted by Crippen LogP contribution is 2.33. The highest BCUT2D eigenvalue weighted by atomic mass is 16.3. The summed E-state index contributed by atoms with van der Waals surface area (Å²) in [5, 5.41) is 22.8. The van der Waals surface area contributed by atoms with Gasteiger partial charge in [0.2, 0.25) is 5.91 Å². The molecular weight excluding hydrogens is 326 g/mol. The number of fused-ring (bicyclic) bond motifs is 1. The van der Waals surface area contributed by atoms with Crippen molar-refractivity contribution >= 4 is 5.91 Å². The molecule has 3 N–H and O–H groups in total. The van der Waals surface area contributed by atoms with Gasteiger partial charge in [-0.05, 0) is 48.3 Å². The lowest BCUT2D eigenvalue weighted by Gasteiger charge is -2.26. The molecule has 2 aromatic carbocycles. The van der Waals surface area contributed by atoms with Crippen molar-refractivity contribution in [2.45, 2.75) is 50.2 Å². The Morgan fingerprint density at radius 2 is 1.85 bits per heavy atom. The van der Waals surface area contributed by atoms with Crippen LogP contribution in [-0.4, -0.2) is 28.8 Å². The zero-order valence-corrected chi connectivity index (χ0v) is 15.0. The normalized spacial score (nSPS) is 18.6. The third-order valence-electron chi connectivity index (χ3n) is 5.20. The average Bonchev–Trinajstić information content (AvgIpc) is 2.68. The number of nitrogens with one attached hydrogen (secondary N) is 1. The van der Waals surface area contributed by atoms with Gasteiger partial charge in [0.05, 0.1) is 18.8 Å². The van der Waals surface area contributed by atoms with Crippen molar-refractivity contribution in [3.05, 3.63) is 71.3 Å². The molecule has 0 bridgehead atoms. The Morgan fingerprint density at radius 3 is 2.62 bits per heavy atom. The summed E-state index contributed by atoms with van der Waals surface area (Å²) >= 11 is 0. The Balaban J connectivity index is 1.57. The summed E-state index contributed by atoms with van der Waals surface area (Å²) in [6.45, 7) is -0.184. The van der Waals surface area contributed by atoms with Crippen LogP contribution >= 0.6 is 0 Å². The number of carbonyl (C=O) groups is 1. The van der Waals surface area contributed by atoms with E-state index in [1.165, 1.54) is 11.1 Å². The highest BCUT2D eigenvalue weighted by Gasteiger charge is 2.24. The third kappa shape index (κ3) is 4.71. The monoisotopic (exact) mass is 353 g/mol. The molecule has 26 heavy (non-hydrogen) atoms. The van der Waals surface area contributed by atoms with E-state index in [1.54, 1.807) is 0 Å². The molecule has 2 aromatic rings. The van der Waals surface area contributed by atoms with Crippen molar-refractivity contribution in [3.63, 3.8) is 0 Å². The molecule has 0 saturated heterocycles. The predicted molar refractivity (Wildman–Crippen MR) is 102 cm³/mol. The molecule has 0 radical (unpaired) electrons. The molecule has 0 spiro atoms. The van der Waals surface area contributed by atoms with Crippen LogP contribution in [0.4, 0.5) is 0 Å². The van der Waals surface area contributed by atoms with E-state index in [-0.39, 0.29) is 18.4 Å². The smallest absolute Gasteiger partial charge is 0.220 e. The molecule has 0 heterocycles. The SMILES string of the molecule is O=C(C[C@@H]1CCCc2ccccc21)N[C@@H](CO)C[C@H](O)c1ccccc1. The molecule has 0 aliphatic heterocycles. The lowest BCUT2D eigenvalue weighted by Crippen LogP contribution is -2.39. The van der Waals surface area contributed by atoms with Crippen molar-refractivity contribution in [2.24, 2.45) is 0 Å². The van der Waals surface area contributed by atoms with E-state index in [0.29, 0.717) is 12.8 Å². The molecule has 1 aliphatic rings. The Labute approximate surface area is 154 Å². The second kappa shape index (κ2) is 8.97. The molecule has 0 unspecified atom stereocenters. The van der Waals surface area contributed by atoms with E-state index in [2.05, 4.69) is 17.4 Å². The molecular formula is C22H27NO3. The van der Waals surface area contributed by atoms with Gasteiger partial charge in [0.15, 0.2) is 0 Å². The van der Waals surface area contributed by atoms with Crippen molar-refractivity contribution < 1.29 is 15.0 Å². The molecule has 1 amide bonds. The molecule has 3 atom stereocenters. The predicted octanol–water partition coefficient (Wildman–Crippen LogP) is 3.10. The van der Waals surface area contributed by atoms with Gasteiger partial charge >= 0.3 is 0 Å². The van der Waals surface area contributed by atoms with Crippen LogP contribution in [0.3, 0.4) is 0 Å². The van der Waals surface area contributed by atoms with Gasteiger partial charge < -0.3 is 15.5 Å². The van der Waals surface area contributed by atoms with Crippen LogP contribution in [0.5, 0.6) is 0 Å². The van der Waals surface area contributed by atoms with Crippen LogP contribution in [-0.2, 0) is 11.2 Å². The van der Waals surface area contributed by atoms with E-state index in [1.807, 2.05) is 42.5 Å². The van der Waals surface area contributed by atoms with Gasteiger partial charge in [-0.1, -0.05) is 54.6 Å². The molecule has 0 fully saturated rings. The summed E-state index contributed by atoms with van der Waals surface area (Å²) in [4.78, 5) is 12.5. The lowest BCUT2D eigenvalue weighted by atomic mass is 9.81. The van der Waals surface area contributed by atoms with E-state index in [9.17, 15) is 15.0 Å². The second-order valence-corrected chi connectivity index (χ2v) is 7.10. The summed E-state index contributed by atoms with van der Waals surface area (Å²) in [5.41, 5.74) is 3.41. The highest BCUT2D eigenvalue weighted by molar-refractivity contribution is 5.77. The van der Waals surface area contributed by atoms with E-state index >= 15 is 0 Å². The molecule has 4 nitrogen and oxygen atoms in total. The topological polar surface area (TPSA) is 69.6 Å². The van der Waals surface area contributed by atoms with Gasteiger partial charge in [0.1, 0.15) is 0 Å². The first kappa shape index (κ1) is 18.6.